The SMILES string of the molecule is O=C([C@H]1CNCCO1)N1CCN(c2ncc(C(F)(F)F)cc2Cl)CC1. The Bertz CT molecular complexity index is 630. The van der Waals surface area contributed by atoms with E-state index in [1.165, 1.54) is 0 Å². The molecule has 0 radical (unpaired) electrons. The Morgan fingerprint density at radius 2 is 2.04 bits per heavy atom. The summed E-state index contributed by atoms with van der Waals surface area (Å²) in [6, 6.07) is 0.878. The van der Waals surface area contributed by atoms with E-state index in [0.29, 0.717) is 45.1 Å². The number of nitrogens with one attached hydrogen (secondary N) is 1. The Kier molecular flexibility index (Phi) is 5.35. The fourth-order valence-corrected chi connectivity index (χ4v) is 3.17. The second-order valence-corrected chi connectivity index (χ2v) is 6.31. The van der Waals surface area contributed by atoms with Crippen LogP contribution in [-0.2, 0) is 15.7 Å². The van der Waals surface area contributed by atoms with Crippen LogP contribution in [0.3, 0.4) is 0 Å². The molecule has 1 aromatic heterocycles. The number of morpholine rings is 1. The van der Waals surface area contributed by atoms with Gasteiger partial charge in [0.2, 0.25) is 0 Å². The van der Waals surface area contributed by atoms with Gasteiger partial charge in [-0.15, -0.1) is 0 Å². The van der Waals surface area contributed by atoms with Gasteiger partial charge in [0.1, 0.15) is 11.9 Å². The first-order chi connectivity index (χ1) is 11.9. The molecule has 2 aliphatic rings. The van der Waals surface area contributed by atoms with E-state index in [2.05, 4.69) is 10.3 Å². The number of anilines is 1. The van der Waals surface area contributed by atoms with Crippen molar-refractivity contribution in [3.8, 4) is 0 Å². The Balaban J connectivity index is 1.61. The summed E-state index contributed by atoms with van der Waals surface area (Å²) < 4.78 is 43.5. The van der Waals surface area contributed by atoms with Gasteiger partial charge < -0.3 is 19.9 Å². The normalized spacial score (nSPS) is 22.2. The van der Waals surface area contributed by atoms with Crippen molar-refractivity contribution >= 4 is 23.3 Å². The molecule has 3 heterocycles. The molecule has 1 N–H and O–H groups in total. The summed E-state index contributed by atoms with van der Waals surface area (Å²) in [6.45, 7) is 3.51. The fourth-order valence-electron chi connectivity index (χ4n) is 2.88. The predicted octanol–water partition coefficient (Wildman–Crippen LogP) is 1.39. The number of halogens is 4. The molecule has 1 atom stereocenters. The van der Waals surface area contributed by atoms with Gasteiger partial charge in [-0.25, -0.2) is 4.98 Å². The van der Waals surface area contributed by atoms with Crippen molar-refractivity contribution in [1.29, 1.82) is 0 Å². The second kappa shape index (κ2) is 7.35. The van der Waals surface area contributed by atoms with E-state index < -0.39 is 17.8 Å². The molecule has 6 nitrogen and oxygen atoms in total. The van der Waals surface area contributed by atoms with Crippen LogP contribution in [0.5, 0.6) is 0 Å². The van der Waals surface area contributed by atoms with Crippen molar-refractivity contribution < 1.29 is 22.7 Å². The maximum absolute atomic E-state index is 12.7. The van der Waals surface area contributed by atoms with Gasteiger partial charge in [0.15, 0.2) is 0 Å². The molecular weight excluding hydrogens is 361 g/mol. The third kappa shape index (κ3) is 4.16. The third-order valence-electron chi connectivity index (χ3n) is 4.24. The number of piperazine rings is 1. The van der Waals surface area contributed by atoms with E-state index in [1.54, 1.807) is 9.80 Å². The van der Waals surface area contributed by atoms with Crippen molar-refractivity contribution in [2.24, 2.45) is 0 Å². The van der Waals surface area contributed by atoms with E-state index in [4.69, 9.17) is 16.3 Å². The summed E-state index contributed by atoms with van der Waals surface area (Å²) in [5.41, 5.74) is -0.878. The molecule has 0 spiro atoms. The van der Waals surface area contributed by atoms with Gasteiger partial charge in [-0.05, 0) is 6.07 Å². The number of hydrogen-bond acceptors (Lipinski definition) is 5. The number of alkyl halides is 3. The zero-order chi connectivity index (χ0) is 18.0. The van der Waals surface area contributed by atoms with Crippen LogP contribution in [-0.4, -0.2) is 67.8 Å². The highest BCUT2D eigenvalue weighted by Gasteiger charge is 2.33. The Morgan fingerprint density at radius 3 is 2.60 bits per heavy atom. The van der Waals surface area contributed by atoms with E-state index in [1.807, 2.05) is 0 Å². The van der Waals surface area contributed by atoms with Crippen molar-refractivity contribution in [3.05, 3.63) is 22.8 Å². The summed E-state index contributed by atoms with van der Waals surface area (Å²) in [7, 11) is 0. The van der Waals surface area contributed by atoms with Crippen LogP contribution in [0.2, 0.25) is 5.02 Å². The Morgan fingerprint density at radius 1 is 1.32 bits per heavy atom. The molecule has 0 saturated carbocycles. The zero-order valence-corrected chi connectivity index (χ0v) is 14.1. The van der Waals surface area contributed by atoms with Crippen molar-refractivity contribution in [2.75, 3.05) is 50.8 Å². The van der Waals surface area contributed by atoms with Crippen LogP contribution in [0.15, 0.2) is 12.3 Å². The van der Waals surface area contributed by atoms with Crippen molar-refractivity contribution in [3.63, 3.8) is 0 Å². The van der Waals surface area contributed by atoms with Crippen LogP contribution < -0.4 is 10.2 Å². The van der Waals surface area contributed by atoms with Crippen molar-refractivity contribution in [2.45, 2.75) is 12.3 Å². The van der Waals surface area contributed by atoms with Crippen molar-refractivity contribution in [1.82, 2.24) is 15.2 Å². The molecule has 0 bridgehead atoms. The van der Waals surface area contributed by atoms with Gasteiger partial charge in [0.05, 0.1) is 17.2 Å². The molecule has 3 rings (SSSR count). The summed E-state index contributed by atoms with van der Waals surface area (Å²) in [5.74, 6) is 0.232. The number of hydrogen-bond donors (Lipinski definition) is 1. The molecular formula is C15H18ClF3N4O2. The number of carbonyl (C=O) groups excluding carboxylic acids is 1. The summed E-state index contributed by atoms with van der Waals surface area (Å²) >= 11 is 5.98. The van der Waals surface area contributed by atoms with Gasteiger partial charge in [0, 0.05) is 45.5 Å². The molecule has 2 saturated heterocycles. The lowest BCUT2D eigenvalue weighted by Crippen LogP contribution is -2.55. The number of rotatable bonds is 2. The fraction of sp³-hybridized carbons (Fsp3) is 0.600. The zero-order valence-electron chi connectivity index (χ0n) is 13.4. The van der Waals surface area contributed by atoms with E-state index in [-0.39, 0.29) is 10.9 Å². The predicted molar refractivity (Wildman–Crippen MR) is 85.7 cm³/mol. The quantitative estimate of drug-likeness (QED) is 0.843. The average Bonchev–Trinajstić information content (AvgIpc) is 2.61. The summed E-state index contributed by atoms with van der Waals surface area (Å²) in [4.78, 5) is 19.7. The first-order valence-corrected chi connectivity index (χ1v) is 8.33. The lowest BCUT2D eigenvalue weighted by molar-refractivity contribution is -0.145. The maximum atomic E-state index is 12.7. The minimum atomic E-state index is -4.48. The number of pyridine rings is 1. The summed E-state index contributed by atoms with van der Waals surface area (Å²) in [5, 5.41) is 3.07. The first kappa shape index (κ1) is 18.2. The van der Waals surface area contributed by atoms with Crippen LogP contribution in [0.4, 0.5) is 19.0 Å². The maximum Gasteiger partial charge on any atom is 0.417 e. The molecule has 2 aliphatic heterocycles. The first-order valence-electron chi connectivity index (χ1n) is 7.95. The number of carbonyl (C=O) groups is 1. The van der Waals surface area contributed by atoms with Crippen LogP contribution >= 0.6 is 11.6 Å². The molecule has 1 amide bonds. The van der Waals surface area contributed by atoms with Crippen LogP contribution in [0.25, 0.3) is 0 Å². The lowest BCUT2D eigenvalue weighted by Gasteiger charge is -2.37. The molecule has 10 heteroatoms. The minimum absolute atomic E-state index is 0.0468. The molecule has 0 aromatic carbocycles. The van der Waals surface area contributed by atoms with Gasteiger partial charge in [-0.2, -0.15) is 13.2 Å². The van der Waals surface area contributed by atoms with Crippen LogP contribution in [0, 0.1) is 0 Å². The highest BCUT2D eigenvalue weighted by Crippen LogP contribution is 2.33. The number of nitrogens with zero attached hydrogens (tertiary/aromatic N) is 3. The standard InChI is InChI=1S/C15H18ClF3N4O2/c16-11-7-10(15(17,18)19)8-21-13(11)22-2-4-23(5-3-22)14(24)12-9-20-1-6-25-12/h7-8,12,20H,1-6,9H2/t12-/m1/s1. The van der Waals surface area contributed by atoms with Crippen LogP contribution in [0.1, 0.15) is 5.56 Å². The Hall–Kier alpha value is -1.58. The second-order valence-electron chi connectivity index (χ2n) is 5.90. The average molecular weight is 379 g/mol. The molecule has 2 fully saturated rings. The van der Waals surface area contributed by atoms with E-state index in [0.717, 1.165) is 18.8 Å². The number of aromatic nitrogens is 1. The molecule has 0 aliphatic carbocycles. The number of amides is 1. The van der Waals surface area contributed by atoms with Gasteiger partial charge in [-0.3, -0.25) is 4.79 Å². The highest BCUT2D eigenvalue weighted by atomic mass is 35.5. The monoisotopic (exact) mass is 378 g/mol. The smallest absolute Gasteiger partial charge is 0.366 e. The minimum Gasteiger partial charge on any atom is -0.366 e. The van der Waals surface area contributed by atoms with E-state index >= 15 is 0 Å². The van der Waals surface area contributed by atoms with Gasteiger partial charge >= 0.3 is 6.18 Å². The summed E-state index contributed by atoms with van der Waals surface area (Å²) in [6.07, 6.45) is -4.18. The topological polar surface area (TPSA) is 57.7 Å². The lowest BCUT2D eigenvalue weighted by atomic mass is 10.2. The third-order valence-corrected chi connectivity index (χ3v) is 4.52. The molecule has 1 aromatic rings. The molecule has 25 heavy (non-hydrogen) atoms. The van der Waals surface area contributed by atoms with Gasteiger partial charge in [-0.1, -0.05) is 11.6 Å². The Labute approximate surface area is 147 Å². The molecule has 0 unspecified atom stereocenters. The molecule has 138 valence electrons. The van der Waals surface area contributed by atoms with E-state index in [9.17, 15) is 18.0 Å². The largest absolute Gasteiger partial charge is 0.417 e. The highest BCUT2D eigenvalue weighted by molar-refractivity contribution is 6.33. The van der Waals surface area contributed by atoms with Gasteiger partial charge in [0.25, 0.3) is 5.91 Å². The number of ether oxygens (including phenoxy) is 1.